The first-order valence-corrected chi connectivity index (χ1v) is 7.23. The monoisotopic (exact) mass is 272 g/mol. The molecule has 0 aliphatic rings. The van der Waals surface area contributed by atoms with Gasteiger partial charge in [0, 0.05) is 5.56 Å². The van der Waals surface area contributed by atoms with Crippen molar-refractivity contribution in [2.75, 3.05) is 0 Å². The van der Waals surface area contributed by atoms with Crippen LogP contribution in [0.4, 0.5) is 0 Å². The number of rotatable bonds is 5. The predicted molar refractivity (Wildman–Crippen MR) is 72.2 cm³/mol. The maximum Gasteiger partial charge on any atom is 0.355 e. The van der Waals surface area contributed by atoms with Crippen LogP contribution < -0.4 is 4.89 Å². The van der Waals surface area contributed by atoms with Crippen LogP contribution in [0, 0.1) is 13.8 Å². The van der Waals surface area contributed by atoms with Crippen molar-refractivity contribution in [2.45, 2.75) is 46.5 Å². The van der Waals surface area contributed by atoms with Crippen LogP contribution in [-0.4, -0.2) is 4.89 Å². The quantitative estimate of drug-likeness (QED) is 0.504. The molecule has 1 aromatic carbocycles. The Bertz CT molecular complexity index is 455. The van der Waals surface area contributed by atoms with Crippen LogP contribution in [0.15, 0.2) is 12.1 Å². The number of hydrogen-bond donors (Lipinski definition) is 1. The smallest absolute Gasteiger partial charge is 0.328 e. The number of aryl methyl sites for hydroxylation is 2. The molecule has 0 heterocycles. The first-order valence-electron chi connectivity index (χ1n) is 5.97. The van der Waals surface area contributed by atoms with Crippen molar-refractivity contribution in [1.82, 2.24) is 0 Å². The molecule has 1 unspecified atom stereocenters. The molecular weight excluding hydrogens is 251 g/mol. The van der Waals surface area contributed by atoms with Gasteiger partial charge in [0.25, 0.3) is 0 Å². The minimum Gasteiger partial charge on any atom is -0.328 e. The van der Waals surface area contributed by atoms with E-state index in [2.05, 4.69) is 25.4 Å². The maximum atomic E-state index is 10.6. The van der Waals surface area contributed by atoms with Gasteiger partial charge in [-0.05, 0) is 31.2 Å². The van der Waals surface area contributed by atoms with Gasteiger partial charge < -0.3 is 9.78 Å². The Morgan fingerprint density at radius 2 is 1.94 bits per heavy atom. The van der Waals surface area contributed by atoms with Gasteiger partial charge in [0.05, 0.1) is 0 Å². The van der Waals surface area contributed by atoms with Gasteiger partial charge in [0.2, 0.25) is 0 Å². The van der Waals surface area contributed by atoms with Crippen molar-refractivity contribution in [1.29, 1.82) is 0 Å². The SMILES string of the molecule is CCC(C)(C)c1cc(C)cc(C)c1OO[PH](=O)O. The van der Waals surface area contributed by atoms with E-state index in [0.717, 1.165) is 23.1 Å². The summed E-state index contributed by atoms with van der Waals surface area (Å²) < 4.78 is 15.1. The van der Waals surface area contributed by atoms with E-state index in [0.29, 0.717) is 5.75 Å². The molecule has 0 bridgehead atoms. The van der Waals surface area contributed by atoms with Crippen LogP contribution >= 0.6 is 8.25 Å². The fraction of sp³-hybridized carbons (Fsp3) is 0.538. The van der Waals surface area contributed by atoms with E-state index < -0.39 is 8.25 Å². The summed E-state index contributed by atoms with van der Waals surface area (Å²) in [7, 11) is -3.10. The zero-order valence-corrected chi connectivity index (χ0v) is 12.5. The Labute approximate surface area is 109 Å². The topological polar surface area (TPSA) is 55.8 Å². The molecule has 4 nitrogen and oxygen atoms in total. The molecule has 0 aliphatic carbocycles. The molecule has 18 heavy (non-hydrogen) atoms. The summed E-state index contributed by atoms with van der Waals surface area (Å²) >= 11 is 0. The summed E-state index contributed by atoms with van der Waals surface area (Å²) in [5.74, 6) is 0.542. The standard InChI is InChI=1S/C13H21O4P/c1-6-13(4,5)11-8-9(2)7-10(3)12(11)16-17-18(14)15/h7-8,18H,6H2,1-5H3,(H,14,15). The third kappa shape index (κ3) is 3.58. The molecule has 0 radical (unpaired) electrons. The molecule has 0 aliphatic heterocycles. The van der Waals surface area contributed by atoms with Gasteiger partial charge in [0.1, 0.15) is 0 Å². The average molecular weight is 272 g/mol. The summed E-state index contributed by atoms with van der Waals surface area (Å²) in [5, 5.41) is 0. The Hall–Kier alpha value is -0.830. The Kier molecular flexibility index (Phi) is 4.97. The lowest BCUT2D eigenvalue weighted by molar-refractivity contribution is -0.103. The van der Waals surface area contributed by atoms with Crippen LogP contribution in [0.2, 0.25) is 0 Å². The van der Waals surface area contributed by atoms with Gasteiger partial charge in [-0.25, -0.2) is 0 Å². The van der Waals surface area contributed by atoms with Crippen LogP contribution in [0.25, 0.3) is 0 Å². The van der Waals surface area contributed by atoms with Crippen LogP contribution in [0.1, 0.15) is 43.9 Å². The largest absolute Gasteiger partial charge is 0.355 e. The molecule has 1 aromatic rings. The van der Waals surface area contributed by atoms with E-state index in [-0.39, 0.29) is 5.41 Å². The van der Waals surface area contributed by atoms with E-state index >= 15 is 0 Å². The molecule has 102 valence electrons. The Morgan fingerprint density at radius 3 is 2.44 bits per heavy atom. The second-order valence-corrected chi connectivity index (χ2v) is 5.83. The Morgan fingerprint density at radius 1 is 1.33 bits per heavy atom. The van der Waals surface area contributed by atoms with Gasteiger partial charge in [-0.3, -0.25) is 4.57 Å². The lowest BCUT2D eigenvalue weighted by Crippen LogP contribution is -2.18. The molecule has 1 rings (SSSR count). The third-order valence-electron chi connectivity index (χ3n) is 3.23. The van der Waals surface area contributed by atoms with Crippen molar-refractivity contribution >= 4 is 8.25 Å². The lowest BCUT2D eigenvalue weighted by Gasteiger charge is -2.26. The lowest BCUT2D eigenvalue weighted by atomic mass is 9.80. The molecule has 0 saturated carbocycles. The number of hydrogen-bond acceptors (Lipinski definition) is 3. The highest BCUT2D eigenvalue weighted by Gasteiger charge is 2.25. The van der Waals surface area contributed by atoms with Gasteiger partial charge in [-0.2, -0.15) is 0 Å². The molecule has 0 fully saturated rings. The summed E-state index contributed by atoms with van der Waals surface area (Å²) in [6.45, 7) is 10.2. The first-order chi connectivity index (χ1) is 8.27. The zero-order valence-electron chi connectivity index (χ0n) is 11.5. The van der Waals surface area contributed by atoms with Crippen molar-refractivity contribution < 1.29 is 19.0 Å². The Balaban J connectivity index is 3.25. The second-order valence-electron chi connectivity index (χ2n) is 5.13. The van der Waals surface area contributed by atoms with Crippen molar-refractivity contribution in [2.24, 2.45) is 0 Å². The van der Waals surface area contributed by atoms with Crippen LogP contribution in [-0.2, 0) is 14.7 Å². The summed E-state index contributed by atoms with van der Waals surface area (Å²) in [6.07, 6.45) is 0.931. The normalized spacial score (nSPS) is 13.4. The van der Waals surface area contributed by atoms with Gasteiger partial charge in [-0.15, -0.1) is 4.67 Å². The second kappa shape index (κ2) is 5.87. The predicted octanol–water partition coefficient (Wildman–Crippen LogP) is 3.68. The van der Waals surface area contributed by atoms with Gasteiger partial charge in [-0.1, -0.05) is 38.5 Å². The molecule has 0 amide bonds. The minimum absolute atomic E-state index is 0.0826. The maximum absolute atomic E-state index is 10.6. The van der Waals surface area contributed by atoms with Gasteiger partial charge in [0.15, 0.2) is 5.75 Å². The molecule has 1 N–H and O–H groups in total. The molecule has 5 heteroatoms. The van der Waals surface area contributed by atoms with E-state index in [9.17, 15) is 4.57 Å². The highest BCUT2D eigenvalue weighted by molar-refractivity contribution is 7.31. The van der Waals surface area contributed by atoms with Crippen LogP contribution in [0.5, 0.6) is 5.75 Å². The van der Waals surface area contributed by atoms with E-state index in [1.807, 2.05) is 26.0 Å². The van der Waals surface area contributed by atoms with Crippen molar-refractivity contribution in [3.63, 3.8) is 0 Å². The first kappa shape index (κ1) is 15.2. The molecular formula is C13H21O4P. The summed E-state index contributed by atoms with van der Waals surface area (Å²) in [4.78, 5) is 13.8. The van der Waals surface area contributed by atoms with Crippen LogP contribution in [0.3, 0.4) is 0 Å². The summed E-state index contributed by atoms with van der Waals surface area (Å²) in [5.41, 5.74) is 2.94. The van der Waals surface area contributed by atoms with E-state index in [1.54, 1.807) is 0 Å². The van der Waals surface area contributed by atoms with Crippen molar-refractivity contribution in [3.8, 4) is 5.75 Å². The summed E-state index contributed by atoms with van der Waals surface area (Å²) in [6, 6.07) is 3.99. The van der Waals surface area contributed by atoms with Gasteiger partial charge >= 0.3 is 8.25 Å². The third-order valence-corrected chi connectivity index (χ3v) is 3.45. The fourth-order valence-corrected chi connectivity index (χ4v) is 1.99. The molecule has 1 atom stereocenters. The highest BCUT2D eigenvalue weighted by Crippen LogP contribution is 2.38. The fourth-order valence-electron chi connectivity index (χ4n) is 1.84. The number of benzene rings is 1. The van der Waals surface area contributed by atoms with E-state index in [1.165, 1.54) is 0 Å². The molecule has 0 aromatic heterocycles. The molecule has 0 saturated heterocycles. The highest BCUT2D eigenvalue weighted by atomic mass is 31.1. The van der Waals surface area contributed by atoms with E-state index in [4.69, 9.17) is 9.78 Å². The minimum atomic E-state index is -3.10. The molecule has 0 spiro atoms. The van der Waals surface area contributed by atoms with Crippen molar-refractivity contribution in [3.05, 3.63) is 28.8 Å². The average Bonchev–Trinajstić information content (AvgIpc) is 2.26. The zero-order chi connectivity index (χ0) is 13.9.